The summed E-state index contributed by atoms with van der Waals surface area (Å²) in [6.45, 7) is 1.83. The van der Waals surface area contributed by atoms with E-state index in [-0.39, 0.29) is 22.6 Å². The van der Waals surface area contributed by atoms with Crippen LogP contribution in [0.1, 0.15) is 12.8 Å². The van der Waals surface area contributed by atoms with Crippen molar-refractivity contribution in [3.63, 3.8) is 0 Å². The van der Waals surface area contributed by atoms with Crippen molar-refractivity contribution in [3.8, 4) is 0 Å². The minimum absolute atomic E-state index is 0.0245. The van der Waals surface area contributed by atoms with Gasteiger partial charge in [-0.25, -0.2) is 8.78 Å². The molecule has 1 heterocycles. The second kappa shape index (κ2) is 7.29. The van der Waals surface area contributed by atoms with Gasteiger partial charge in [-0.15, -0.1) is 0 Å². The fourth-order valence-corrected chi connectivity index (χ4v) is 2.99. The highest BCUT2D eigenvalue weighted by Gasteiger charge is 2.21. The van der Waals surface area contributed by atoms with Crippen molar-refractivity contribution in [2.24, 2.45) is 0 Å². The molecular weight excluding hydrogens is 344 g/mol. The summed E-state index contributed by atoms with van der Waals surface area (Å²) in [5.41, 5.74) is -0.0245. The molecule has 116 valence electrons. The van der Waals surface area contributed by atoms with Crippen LogP contribution in [0.2, 0.25) is 0 Å². The van der Waals surface area contributed by atoms with Gasteiger partial charge in [0.05, 0.1) is 12.2 Å². The molecule has 1 saturated heterocycles. The molecule has 0 saturated carbocycles. The molecule has 4 nitrogen and oxygen atoms in total. The molecule has 1 amide bonds. The zero-order valence-electron chi connectivity index (χ0n) is 11.8. The van der Waals surface area contributed by atoms with E-state index >= 15 is 0 Å². The van der Waals surface area contributed by atoms with Gasteiger partial charge in [-0.3, -0.25) is 9.69 Å². The average molecular weight is 362 g/mol. The van der Waals surface area contributed by atoms with E-state index in [4.69, 9.17) is 0 Å². The van der Waals surface area contributed by atoms with Gasteiger partial charge in [-0.05, 0) is 48.4 Å². The highest BCUT2D eigenvalue weighted by molar-refractivity contribution is 9.10. The van der Waals surface area contributed by atoms with Gasteiger partial charge in [0.1, 0.15) is 5.82 Å². The first-order chi connectivity index (χ1) is 9.99. The molecule has 7 heteroatoms. The number of halogens is 3. The molecule has 1 aromatic carbocycles. The van der Waals surface area contributed by atoms with Gasteiger partial charge in [0.25, 0.3) is 0 Å². The molecule has 0 aromatic heterocycles. The molecule has 1 atom stereocenters. The number of hydrogen-bond acceptors (Lipinski definition) is 3. The lowest BCUT2D eigenvalue weighted by atomic mass is 10.1. The topological polar surface area (TPSA) is 44.4 Å². The van der Waals surface area contributed by atoms with E-state index < -0.39 is 11.6 Å². The van der Waals surface area contributed by atoms with Crippen LogP contribution < -0.4 is 10.6 Å². The lowest BCUT2D eigenvalue weighted by Crippen LogP contribution is -2.46. The highest BCUT2D eigenvalue weighted by atomic mass is 79.9. The molecule has 1 aromatic rings. The Labute approximate surface area is 131 Å². The molecule has 0 spiro atoms. The van der Waals surface area contributed by atoms with E-state index in [1.54, 1.807) is 0 Å². The van der Waals surface area contributed by atoms with Crippen LogP contribution in [0.25, 0.3) is 0 Å². The summed E-state index contributed by atoms with van der Waals surface area (Å²) in [4.78, 5) is 14.0. The van der Waals surface area contributed by atoms with E-state index in [0.717, 1.165) is 38.1 Å². The van der Waals surface area contributed by atoms with Crippen LogP contribution in [0.5, 0.6) is 0 Å². The molecule has 1 fully saturated rings. The molecule has 2 N–H and O–H groups in total. The molecule has 0 radical (unpaired) electrons. The summed E-state index contributed by atoms with van der Waals surface area (Å²) in [5, 5.41) is 5.70. The number of nitrogens with zero attached hydrogens (tertiary/aromatic N) is 1. The molecule has 0 bridgehead atoms. The van der Waals surface area contributed by atoms with Crippen LogP contribution in [0.3, 0.4) is 0 Å². The summed E-state index contributed by atoms with van der Waals surface area (Å²) >= 11 is 3.05. The van der Waals surface area contributed by atoms with Crippen LogP contribution in [-0.4, -0.2) is 43.5 Å². The molecule has 0 aliphatic carbocycles. The zero-order valence-corrected chi connectivity index (χ0v) is 13.3. The minimum atomic E-state index is -0.790. The van der Waals surface area contributed by atoms with Crippen molar-refractivity contribution in [2.45, 2.75) is 18.9 Å². The molecular formula is C14H18BrF2N3O. The first-order valence-electron chi connectivity index (χ1n) is 6.83. The third-order valence-corrected chi connectivity index (χ3v) is 4.18. The predicted molar refractivity (Wildman–Crippen MR) is 81.2 cm³/mol. The second-order valence-electron chi connectivity index (χ2n) is 5.16. The number of nitrogens with one attached hydrogen (secondary N) is 2. The molecule has 2 rings (SSSR count). The number of hydrogen-bond donors (Lipinski definition) is 2. The fraction of sp³-hybridized carbons (Fsp3) is 0.500. The number of amides is 1. The number of likely N-dealkylation sites (tertiary alicyclic amines) is 1. The number of likely N-dealkylation sites (N-methyl/N-ethyl adjacent to an activating group) is 1. The Balaban J connectivity index is 1.96. The molecule has 1 aliphatic rings. The van der Waals surface area contributed by atoms with E-state index in [0.29, 0.717) is 6.04 Å². The Hall–Kier alpha value is -1.05. The lowest BCUT2D eigenvalue weighted by Gasteiger charge is -2.31. The maximum Gasteiger partial charge on any atom is 0.238 e. The Kier molecular flexibility index (Phi) is 5.66. The zero-order chi connectivity index (χ0) is 15.4. The highest BCUT2D eigenvalue weighted by Crippen LogP contribution is 2.26. The first kappa shape index (κ1) is 16.3. The second-order valence-corrected chi connectivity index (χ2v) is 6.01. The Bertz CT molecular complexity index is 504. The molecule has 1 unspecified atom stereocenters. The number of piperidine rings is 1. The van der Waals surface area contributed by atoms with Gasteiger partial charge in [0, 0.05) is 23.1 Å². The van der Waals surface area contributed by atoms with Gasteiger partial charge < -0.3 is 10.6 Å². The third kappa shape index (κ3) is 4.46. The van der Waals surface area contributed by atoms with Gasteiger partial charge >= 0.3 is 0 Å². The normalized spacial score (nSPS) is 19.5. The fourth-order valence-electron chi connectivity index (χ4n) is 2.48. The largest absolute Gasteiger partial charge is 0.322 e. The van der Waals surface area contributed by atoms with Crippen molar-refractivity contribution >= 4 is 27.5 Å². The summed E-state index contributed by atoms with van der Waals surface area (Å²) in [5.74, 6) is -1.79. The quantitative estimate of drug-likeness (QED) is 0.865. The van der Waals surface area contributed by atoms with E-state index in [1.165, 1.54) is 0 Å². The Morgan fingerprint density at radius 1 is 1.48 bits per heavy atom. The Morgan fingerprint density at radius 2 is 2.24 bits per heavy atom. The summed E-state index contributed by atoms with van der Waals surface area (Å²) in [7, 11) is 1.90. The number of rotatable bonds is 4. The Morgan fingerprint density at radius 3 is 2.90 bits per heavy atom. The smallest absolute Gasteiger partial charge is 0.238 e. The number of carbonyl (C=O) groups excluding carboxylic acids is 1. The summed E-state index contributed by atoms with van der Waals surface area (Å²) in [6, 6.07) is 2.25. The van der Waals surface area contributed by atoms with Gasteiger partial charge in [-0.1, -0.05) is 0 Å². The van der Waals surface area contributed by atoms with Gasteiger partial charge in [-0.2, -0.15) is 0 Å². The minimum Gasteiger partial charge on any atom is -0.322 e. The number of anilines is 1. The van der Waals surface area contributed by atoms with Crippen molar-refractivity contribution in [1.29, 1.82) is 0 Å². The van der Waals surface area contributed by atoms with Gasteiger partial charge in [0.2, 0.25) is 5.91 Å². The summed E-state index contributed by atoms with van der Waals surface area (Å²) in [6.07, 6.45) is 2.11. The monoisotopic (exact) mass is 361 g/mol. The number of carbonyl (C=O) groups is 1. The predicted octanol–water partition coefficient (Wildman–Crippen LogP) is 2.35. The molecule has 1 aliphatic heterocycles. The standard InChI is InChI=1S/C14H18BrF2N3O/c1-18-10-3-2-4-20(7-10)8-13(21)19-14-11(15)5-9(16)6-12(14)17/h5-6,10,18H,2-4,7-8H2,1H3,(H,19,21). The van der Waals surface area contributed by atoms with Crippen molar-refractivity contribution in [1.82, 2.24) is 10.2 Å². The maximum absolute atomic E-state index is 13.7. The van der Waals surface area contributed by atoms with Crippen LogP contribution in [0.4, 0.5) is 14.5 Å². The van der Waals surface area contributed by atoms with Crippen LogP contribution in [-0.2, 0) is 4.79 Å². The van der Waals surface area contributed by atoms with Crippen LogP contribution in [0, 0.1) is 11.6 Å². The van der Waals surface area contributed by atoms with Crippen molar-refractivity contribution in [2.75, 3.05) is 32.0 Å². The molecule has 21 heavy (non-hydrogen) atoms. The van der Waals surface area contributed by atoms with E-state index in [9.17, 15) is 13.6 Å². The average Bonchev–Trinajstić information content (AvgIpc) is 2.43. The van der Waals surface area contributed by atoms with Crippen molar-refractivity contribution in [3.05, 3.63) is 28.2 Å². The van der Waals surface area contributed by atoms with E-state index in [1.807, 2.05) is 11.9 Å². The maximum atomic E-state index is 13.7. The SMILES string of the molecule is CNC1CCCN(CC(=O)Nc2c(F)cc(F)cc2Br)C1. The van der Waals surface area contributed by atoms with Gasteiger partial charge in [0.15, 0.2) is 5.82 Å². The van der Waals surface area contributed by atoms with Crippen LogP contribution >= 0.6 is 15.9 Å². The number of benzene rings is 1. The lowest BCUT2D eigenvalue weighted by molar-refractivity contribution is -0.117. The first-order valence-corrected chi connectivity index (χ1v) is 7.63. The third-order valence-electron chi connectivity index (χ3n) is 3.55. The summed E-state index contributed by atoms with van der Waals surface area (Å²) < 4.78 is 26.9. The van der Waals surface area contributed by atoms with Crippen LogP contribution in [0.15, 0.2) is 16.6 Å². The van der Waals surface area contributed by atoms with E-state index in [2.05, 4.69) is 26.6 Å². The van der Waals surface area contributed by atoms with Crippen molar-refractivity contribution < 1.29 is 13.6 Å².